The molecule has 110 valence electrons. The molecule has 0 spiro atoms. The maximum atomic E-state index is 8.79. The summed E-state index contributed by atoms with van der Waals surface area (Å²) in [6.07, 6.45) is 1.61. The average molecular weight is 305 g/mol. The highest BCUT2D eigenvalue weighted by molar-refractivity contribution is 6.31. The molecule has 2 rings (SSSR count). The minimum atomic E-state index is -0.00204. The predicted molar refractivity (Wildman–Crippen MR) is 83.5 cm³/mol. The second-order valence-electron chi connectivity index (χ2n) is 4.62. The number of amidine groups is 1. The number of rotatable bonds is 5. The van der Waals surface area contributed by atoms with Crippen LogP contribution in [0.2, 0.25) is 5.02 Å². The number of oxime groups is 1. The van der Waals surface area contributed by atoms with E-state index in [1.807, 2.05) is 43.3 Å². The van der Waals surface area contributed by atoms with Crippen molar-refractivity contribution in [1.29, 1.82) is 0 Å². The van der Waals surface area contributed by atoms with E-state index < -0.39 is 0 Å². The molecule has 0 radical (unpaired) electrons. The number of halogens is 1. The van der Waals surface area contributed by atoms with Crippen LogP contribution in [0.1, 0.15) is 29.8 Å². The van der Waals surface area contributed by atoms with Crippen LogP contribution in [0.5, 0.6) is 0 Å². The van der Waals surface area contributed by atoms with Gasteiger partial charge in [-0.1, -0.05) is 41.0 Å². The van der Waals surface area contributed by atoms with Crippen LogP contribution in [0, 0.1) is 0 Å². The summed E-state index contributed by atoms with van der Waals surface area (Å²) in [6.45, 7) is 2.56. The van der Waals surface area contributed by atoms with Gasteiger partial charge in [-0.05, 0) is 30.2 Å². The van der Waals surface area contributed by atoms with Gasteiger partial charge >= 0.3 is 0 Å². The number of benzene rings is 1. The van der Waals surface area contributed by atoms with Gasteiger partial charge in [0.1, 0.15) is 5.69 Å². The lowest BCUT2D eigenvalue weighted by Crippen LogP contribution is -2.23. The Morgan fingerprint density at radius 1 is 1.38 bits per heavy atom. The molecule has 0 bridgehead atoms. The fraction of sp³-hybridized carbons (Fsp3) is 0.200. The first-order valence-electron chi connectivity index (χ1n) is 6.53. The van der Waals surface area contributed by atoms with Gasteiger partial charge in [0, 0.05) is 23.8 Å². The molecular formula is C15H17ClN4O. The Morgan fingerprint density at radius 2 is 2.14 bits per heavy atom. The number of aromatic nitrogens is 1. The summed E-state index contributed by atoms with van der Waals surface area (Å²) in [5.74, 6) is -0.00204. The molecule has 5 nitrogen and oxygen atoms in total. The smallest absolute Gasteiger partial charge is 0.189 e. The van der Waals surface area contributed by atoms with Crippen molar-refractivity contribution in [3.63, 3.8) is 0 Å². The number of pyridine rings is 1. The molecule has 6 heteroatoms. The molecule has 2 aromatic rings. The van der Waals surface area contributed by atoms with Gasteiger partial charge in [-0.3, -0.25) is 4.98 Å². The zero-order valence-corrected chi connectivity index (χ0v) is 12.4. The highest BCUT2D eigenvalue weighted by Crippen LogP contribution is 2.22. The summed E-state index contributed by atoms with van der Waals surface area (Å²) >= 11 is 6.18. The maximum absolute atomic E-state index is 8.79. The first kappa shape index (κ1) is 15.3. The Morgan fingerprint density at radius 3 is 2.86 bits per heavy atom. The Hall–Kier alpha value is -2.11. The molecule has 0 aliphatic rings. The molecule has 4 N–H and O–H groups in total. The lowest BCUT2D eigenvalue weighted by atomic mass is 10.1. The molecule has 1 aromatic heterocycles. The SMILES string of the molecule is C[C@H](NCc1cccnc1/C(N)=N/O)c1ccccc1Cl. The average Bonchev–Trinajstić information content (AvgIpc) is 2.52. The van der Waals surface area contributed by atoms with Crippen molar-refractivity contribution in [2.24, 2.45) is 10.9 Å². The van der Waals surface area contributed by atoms with E-state index in [9.17, 15) is 0 Å². The van der Waals surface area contributed by atoms with E-state index in [1.165, 1.54) is 0 Å². The molecule has 0 aliphatic carbocycles. The highest BCUT2D eigenvalue weighted by atomic mass is 35.5. The van der Waals surface area contributed by atoms with Gasteiger partial charge in [0.2, 0.25) is 0 Å². The van der Waals surface area contributed by atoms with Gasteiger partial charge in [0.25, 0.3) is 0 Å². The van der Waals surface area contributed by atoms with E-state index in [0.29, 0.717) is 12.2 Å². The summed E-state index contributed by atoms with van der Waals surface area (Å²) in [6, 6.07) is 11.5. The van der Waals surface area contributed by atoms with Crippen molar-refractivity contribution in [3.8, 4) is 0 Å². The van der Waals surface area contributed by atoms with Crippen molar-refractivity contribution < 1.29 is 5.21 Å². The van der Waals surface area contributed by atoms with Gasteiger partial charge in [-0.15, -0.1) is 0 Å². The van der Waals surface area contributed by atoms with Gasteiger partial charge in [-0.25, -0.2) is 0 Å². The first-order valence-corrected chi connectivity index (χ1v) is 6.91. The number of nitrogens with one attached hydrogen (secondary N) is 1. The van der Waals surface area contributed by atoms with E-state index >= 15 is 0 Å². The van der Waals surface area contributed by atoms with Crippen LogP contribution in [0.15, 0.2) is 47.8 Å². The lowest BCUT2D eigenvalue weighted by molar-refractivity contribution is 0.318. The molecule has 1 aromatic carbocycles. The van der Waals surface area contributed by atoms with Gasteiger partial charge in [-0.2, -0.15) is 0 Å². The van der Waals surface area contributed by atoms with Crippen LogP contribution in [-0.4, -0.2) is 16.0 Å². The van der Waals surface area contributed by atoms with E-state index in [-0.39, 0.29) is 11.9 Å². The first-order chi connectivity index (χ1) is 10.1. The van der Waals surface area contributed by atoms with Crippen LogP contribution in [0.4, 0.5) is 0 Å². The van der Waals surface area contributed by atoms with E-state index in [1.54, 1.807) is 6.20 Å². The minimum Gasteiger partial charge on any atom is -0.409 e. The molecule has 0 unspecified atom stereocenters. The fourth-order valence-corrected chi connectivity index (χ4v) is 2.36. The summed E-state index contributed by atoms with van der Waals surface area (Å²) < 4.78 is 0. The van der Waals surface area contributed by atoms with Crippen LogP contribution < -0.4 is 11.1 Å². The fourth-order valence-electron chi connectivity index (χ4n) is 2.06. The summed E-state index contributed by atoms with van der Waals surface area (Å²) in [5, 5.41) is 15.9. The molecule has 21 heavy (non-hydrogen) atoms. The second-order valence-corrected chi connectivity index (χ2v) is 5.03. The lowest BCUT2D eigenvalue weighted by Gasteiger charge is -2.16. The van der Waals surface area contributed by atoms with Crippen molar-refractivity contribution in [2.75, 3.05) is 0 Å². The van der Waals surface area contributed by atoms with E-state index in [4.69, 9.17) is 22.5 Å². The Labute approximate surface area is 128 Å². The number of nitrogens with two attached hydrogens (primary N) is 1. The Bertz CT molecular complexity index is 645. The minimum absolute atomic E-state index is 0.00204. The van der Waals surface area contributed by atoms with E-state index in [2.05, 4.69) is 15.5 Å². The van der Waals surface area contributed by atoms with Crippen LogP contribution in [0.3, 0.4) is 0 Å². The molecular weight excluding hydrogens is 288 g/mol. The normalized spacial score (nSPS) is 13.1. The molecule has 1 heterocycles. The van der Waals surface area contributed by atoms with Crippen molar-refractivity contribution in [3.05, 3.63) is 64.4 Å². The Kier molecular flexibility index (Phi) is 5.14. The largest absolute Gasteiger partial charge is 0.409 e. The third kappa shape index (κ3) is 3.71. The standard InChI is InChI=1S/C15H17ClN4O/c1-10(12-6-2-3-7-13(12)16)19-9-11-5-4-8-18-14(11)15(17)20-21/h2-8,10,19,21H,9H2,1H3,(H2,17,20)/t10-/m0/s1. The topological polar surface area (TPSA) is 83.5 Å². The van der Waals surface area contributed by atoms with Crippen LogP contribution in [0.25, 0.3) is 0 Å². The number of hydrogen-bond acceptors (Lipinski definition) is 4. The zero-order chi connectivity index (χ0) is 15.2. The quantitative estimate of drug-likeness (QED) is 0.343. The number of nitrogens with zero attached hydrogens (tertiary/aromatic N) is 2. The molecule has 0 saturated heterocycles. The zero-order valence-electron chi connectivity index (χ0n) is 11.6. The maximum Gasteiger partial charge on any atom is 0.189 e. The molecule has 0 aliphatic heterocycles. The molecule has 0 saturated carbocycles. The summed E-state index contributed by atoms with van der Waals surface area (Å²) in [4.78, 5) is 4.14. The van der Waals surface area contributed by atoms with Gasteiger partial charge < -0.3 is 16.3 Å². The monoisotopic (exact) mass is 304 g/mol. The van der Waals surface area contributed by atoms with E-state index in [0.717, 1.165) is 16.1 Å². The second kappa shape index (κ2) is 7.06. The van der Waals surface area contributed by atoms with Crippen molar-refractivity contribution >= 4 is 17.4 Å². The summed E-state index contributed by atoms with van der Waals surface area (Å²) in [5.41, 5.74) is 7.97. The van der Waals surface area contributed by atoms with Gasteiger partial charge in [0.05, 0.1) is 0 Å². The van der Waals surface area contributed by atoms with Crippen molar-refractivity contribution in [2.45, 2.75) is 19.5 Å². The Balaban J connectivity index is 2.12. The third-order valence-corrected chi connectivity index (χ3v) is 3.56. The third-order valence-electron chi connectivity index (χ3n) is 3.21. The molecule has 0 amide bonds. The van der Waals surface area contributed by atoms with Crippen LogP contribution >= 0.6 is 11.6 Å². The predicted octanol–water partition coefficient (Wildman–Crippen LogP) is 2.68. The van der Waals surface area contributed by atoms with Crippen LogP contribution in [-0.2, 0) is 6.54 Å². The van der Waals surface area contributed by atoms with Gasteiger partial charge in [0.15, 0.2) is 5.84 Å². The summed E-state index contributed by atoms with van der Waals surface area (Å²) in [7, 11) is 0. The number of hydrogen-bond donors (Lipinski definition) is 3. The van der Waals surface area contributed by atoms with Crippen molar-refractivity contribution in [1.82, 2.24) is 10.3 Å². The molecule has 0 fully saturated rings. The molecule has 1 atom stereocenters. The highest BCUT2D eigenvalue weighted by Gasteiger charge is 2.12.